The summed E-state index contributed by atoms with van der Waals surface area (Å²) < 4.78 is 0. The third-order valence-corrected chi connectivity index (χ3v) is 7.03. The van der Waals surface area contributed by atoms with Gasteiger partial charge in [-0.2, -0.15) is 0 Å². The molecule has 2 heterocycles. The standard InChI is InChI=1S/C24H29N7O2S/c1-29(2)15-7-5-14(6-8-15)27-24(33)31-12-11-19-21(34-23(28-19)22(26)32)20(31)17-13-16(30(3)4)9-10-18(17)25/h5-10,13,20H,11-12,25H2,1-4H3,(H2,26,32)(H,27,33). The fourth-order valence-electron chi connectivity index (χ4n) is 4.00. The Balaban J connectivity index is 1.74. The highest BCUT2D eigenvalue weighted by Gasteiger charge is 2.36. The number of nitrogen functional groups attached to an aromatic ring is 1. The van der Waals surface area contributed by atoms with E-state index in [1.807, 2.05) is 80.5 Å². The topological polar surface area (TPSA) is 121 Å². The zero-order valence-electron chi connectivity index (χ0n) is 19.7. The van der Waals surface area contributed by atoms with Crippen molar-refractivity contribution in [3.8, 4) is 0 Å². The number of fused-ring (bicyclic) bond motifs is 1. The summed E-state index contributed by atoms with van der Waals surface area (Å²) in [6.45, 7) is 0.423. The van der Waals surface area contributed by atoms with Crippen LogP contribution in [0.25, 0.3) is 0 Å². The van der Waals surface area contributed by atoms with Crippen molar-refractivity contribution in [2.45, 2.75) is 12.5 Å². The van der Waals surface area contributed by atoms with E-state index in [1.165, 1.54) is 11.3 Å². The van der Waals surface area contributed by atoms with E-state index >= 15 is 0 Å². The number of primary amides is 1. The van der Waals surface area contributed by atoms with Gasteiger partial charge in [0.05, 0.1) is 16.6 Å². The molecule has 4 rings (SSSR count). The fraction of sp³-hybridized carbons (Fsp3) is 0.292. The molecule has 1 atom stereocenters. The van der Waals surface area contributed by atoms with Gasteiger partial charge in [-0.3, -0.25) is 4.79 Å². The molecule has 0 radical (unpaired) electrons. The second kappa shape index (κ2) is 9.22. The van der Waals surface area contributed by atoms with Crippen LogP contribution in [0.1, 0.15) is 32.0 Å². The minimum atomic E-state index is -0.579. The number of hydrogen-bond donors (Lipinski definition) is 3. The van der Waals surface area contributed by atoms with Crippen LogP contribution in [0.15, 0.2) is 42.5 Å². The summed E-state index contributed by atoms with van der Waals surface area (Å²) in [4.78, 5) is 36.3. The number of aromatic nitrogens is 1. The SMILES string of the molecule is CN(C)c1ccc(NC(=O)N2CCc3nc(C(N)=O)sc3C2c2cc(N(C)C)ccc2N)cc1. The number of thiazole rings is 1. The first-order chi connectivity index (χ1) is 16.2. The lowest BCUT2D eigenvalue weighted by Gasteiger charge is -2.36. The third-order valence-electron chi connectivity index (χ3n) is 5.87. The van der Waals surface area contributed by atoms with Gasteiger partial charge in [-0.1, -0.05) is 0 Å². The molecule has 178 valence electrons. The zero-order valence-corrected chi connectivity index (χ0v) is 20.5. The summed E-state index contributed by atoms with van der Waals surface area (Å²) in [5.41, 5.74) is 16.7. The van der Waals surface area contributed by atoms with E-state index in [4.69, 9.17) is 11.5 Å². The number of rotatable bonds is 5. The van der Waals surface area contributed by atoms with Crippen LogP contribution in [0.4, 0.5) is 27.5 Å². The van der Waals surface area contributed by atoms with Crippen LogP contribution in [0, 0.1) is 0 Å². The summed E-state index contributed by atoms with van der Waals surface area (Å²) in [5.74, 6) is -0.579. The van der Waals surface area contributed by atoms with Gasteiger partial charge in [-0.15, -0.1) is 11.3 Å². The van der Waals surface area contributed by atoms with Gasteiger partial charge in [0.15, 0.2) is 5.01 Å². The maximum Gasteiger partial charge on any atom is 0.322 e. The molecule has 1 unspecified atom stereocenters. The number of urea groups is 1. The molecule has 0 aliphatic carbocycles. The van der Waals surface area contributed by atoms with E-state index < -0.39 is 11.9 Å². The lowest BCUT2D eigenvalue weighted by atomic mass is 9.95. The van der Waals surface area contributed by atoms with Crippen molar-refractivity contribution in [3.63, 3.8) is 0 Å². The van der Waals surface area contributed by atoms with Crippen LogP contribution in [0.2, 0.25) is 0 Å². The van der Waals surface area contributed by atoms with Gasteiger partial charge < -0.3 is 31.5 Å². The van der Waals surface area contributed by atoms with Crippen LogP contribution < -0.4 is 26.6 Å². The van der Waals surface area contributed by atoms with Crippen LogP contribution >= 0.6 is 11.3 Å². The van der Waals surface area contributed by atoms with Gasteiger partial charge in [0, 0.05) is 69.5 Å². The average Bonchev–Trinajstić information content (AvgIpc) is 3.24. The van der Waals surface area contributed by atoms with Crippen molar-refractivity contribution in [1.29, 1.82) is 0 Å². The Morgan fingerprint density at radius 2 is 1.71 bits per heavy atom. The summed E-state index contributed by atoms with van der Waals surface area (Å²) in [7, 11) is 7.82. The first-order valence-electron chi connectivity index (χ1n) is 10.9. The smallest absolute Gasteiger partial charge is 0.322 e. The molecule has 0 bridgehead atoms. The Kier molecular flexibility index (Phi) is 6.34. The highest BCUT2D eigenvalue weighted by atomic mass is 32.1. The van der Waals surface area contributed by atoms with Gasteiger partial charge in [-0.25, -0.2) is 9.78 Å². The van der Waals surface area contributed by atoms with E-state index in [-0.39, 0.29) is 11.0 Å². The lowest BCUT2D eigenvalue weighted by molar-refractivity contribution is 0.0999. The fourth-order valence-corrected chi connectivity index (χ4v) is 5.10. The van der Waals surface area contributed by atoms with Gasteiger partial charge in [-0.05, 0) is 42.5 Å². The summed E-state index contributed by atoms with van der Waals surface area (Å²) in [6.07, 6.45) is 0.524. The molecule has 9 nitrogen and oxygen atoms in total. The van der Waals surface area contributed by atoms with Crippen molar-refractivity contribution in [2.75, 3.05) is 55.6 Å². The number of nitrogens with one attached hydrogen (secondary N) is 1. The van der Waals surface area contributed by atoms with Crippen LogP contribution in [-0.2, 0) is 6.42 Å². The number of nitrogens with two attached hydrogens (primary N) is 2. The first-order valence-corrected chi connectivity index (χ1v) is 11.7. The van der Waals surface area contributed by atoms with Crippen molar-refractivity contribution in [3.05, 3.63) is 63.6 Å². The molecular formula is C24H29N7O2S. The summed E-state index contributed by atoms with van der Waals surface area (Å²) in [6, 6.07) is 12.6. The van der Waals surface area contributed by atoms with Gasteiger partial charge in [0.1, 0.15) is 0 Å². The predicted octanol–water partition coefficient (Wildman–Crippen LogP) is 3.14. The molecule has 3 amide bonds. The van der Waals surface area contributed by atoms with Gasteiger partial charge >= 0.3 is 6.03 Å². The molecule has 34 heavy (non-hydrogen) atoms. The Morgan fingerprint density at radius 1 is 1.06 bits per heavy atom. The molecule has 1 aliphatic heterocycles. The van der Waals surface area contributed by atoms with Crippen LogP contribution in [0.3, 0.4) is 0 Å². The number of amides is 3. The second-order valence-corrected chi connectivity index (χ2v) is 9.65. The molecule has 0 saturated heterocycles. The minimum absolute atomic E-state index is 0.235. The molecule has 1 aliphatic rings. The number of carbonyl (C=O) groups is 2. The van der Waals surface area contributed by atoms with Crippen molar-refractivity contribution in [1.82, 2.24) is 9.88 Å². The number of nitrogens with zero attached hydrogens (tertiary/aromatic N) is 4. The van der Waals surface area contributed by atoms with Gasteiger partial charge in [0.25, 0.3) is 5.91 Å². The number of carbonyl (C=O) groups excluding carboxylic acids is 2. The second-order valence-electron chi connectivity index (χ2n) is 8.62. The van der Waals surface area contributed by atoms with E-state index in [0.717, 1.165) is 27.5 Å². The third kappa shape index (κ3) is 4.49. The Hall–Kier alpha value is -3.79. The Morgan fingerprint density at radius 3 is 2.32 bits per heavy atom. The first kappa shape index (κ1) is 23.4. The number of anilines is 4. The Bertz CT molecular complexity index is 1220. The molecule has 1 aromatic heterocycles. The van der Waals surface area contributed by atoms with Crippen molar-refractivity contribution < 1.29 is 9.59 Å². The zero-order chi connectivity index (χ0) is 24.6. The largest absolute Gasteiger partial charge is 0.398 e. The highest BCUT2D eigenvalue weighted by Crippen LogP contribution is 2.42. The number of benzene rings is 2. The summed E-state index contributed by atoms with van der Waals surface area (Å²) in [5, 5.41) is 3.24. The lowest BCUT2D eigenvalue weighted by Crippen LogP contribution is -2.42. The molecule has 10 heteroatoms. The normalized spacial score (nSPS) is 14.9. The van der Waals surface area contributed by atoms with Gasteiger partial charge in [0.2, 0.25) is 0 Å². The van der Waals surface area contributed by atoms with Crippen LogP contribution in [-0.4, -0.2) is 56.6 Å². The highest BCUT2D eigenvalue weighted by molar-refractivity contribution is 7.13. The van der Waals surface area contributed by atoms with Crippen LogP contribution in [0.5, 0.6) is 0 Å². The Labute approximate surface area is 203 Å². The maximum atomic E-state index is 13.5. The van der Waals surface area contributed by atoms with Crippen molar-refractivity contribution >= 4 is 46.0 Å². The van der Waals surface area contributed by atoms with E-state index in [2.05, 4.69) is 10.3 Å². The average molecular weight is 480 g/mol. The molecule has 3 aromatic rings. The number of hydrogen-bond acceptors (Lipinski definition) is 7. The molecule has 0 fully saturated rings. The quantitative estimate of drug-likeness (QED) is 0.484. The van der Waals surface area contributed by atoms with E-state index in [9.17, 15) is 9.59 Å². The predicted molar refractivity (Wildman–Crippen MR) is 138 cm³/mol. The minimum Gasteiger partial charge on any atom is -0.398 e. The van der Waals surface area contributed by atoms with Crippen molar-refractivity contribution in [2.24, 2.45) is 5.73 Å². The monoisotopic (exact) mass is 479 g/mol. The molecular weight excluding hydrogens is 450 g/mol. The molecule has 0 spiro atoms. The molecule has 0 saturated carbocycles. The molecule has 2 aromatic carbocycles. The van der Waals surface area contributed by atoms with E-state index in [1.54, 1.807) is 4.90 Å². The maximum absolute atomic E-state index is 13.5. The summed E-state index contributed by atoms with van der Waals surface area (Å²) >= 11 is 1.22. The molecule has 5 N–H and O–H groups in total. The van der Waals surface area contributed by atoms with E-state index in [0.29, 0.717) is 24.3 Å².